The summed E-state index contributed by atoms with van der Waals surface area (Å²) < 4.78 is 24.4. The van der Waals surface area contributed by atoms with E-state index < -0.39 is 28.0 Å². The molecule has 2 aromatic carbocycles. The number of rotatable bonds is 2. The quantitative estimate of drug-likeness (QED) is 0.750. The third-order valence-electron chi connectivity index (χ3n) is 5.10. The van der Waals surface area contributed by atoms with Crippen LogP contribution in [0.5, 0.6) is 0 Å². The summed E-state index contributed by atoms with van der Waals surface area (Å²) in [5, 5.41) is 16.0. The number of aliphatic hydroxyl groups is 1. The first-order valence-electron chi connectivity index (χ1n) is 8.60. The van der Waals surface area contributed by atoms with Crippen molar-refractivity contribution >= 4 is 15.9 Å². The SMILES string of the molecule is O=C(N[C@@H]1c2ccccc2C[C@H]1O)N[C@@H]1CCS(=O)(=O)c2ccccc21. The van der Waals surface area contributed by atoms with Gasteiger partial charge in [-0.3, -0.25) is 0 Å². The van der Waals surface area contributed by atoms with E-state index >= 15 is 0 Å². The standard InChI is InChI=1S/C19H20N2O4S/c22-16-11-12-5-1-2-6-13(12)18(16)21-19(23)20-15-9-10-26(24,25)17-8-4-3-7-14(15)17/h1-8,15-16,18,22H,9-11H2,(H2,20,21,23)/t15-,16-,18-/m1/s1. The van der Waals surface area contributed by atoms with Crippen molar-refractivity contribution in [1.29, 1.82) is 0 Å². The number of carbonyl (C=O) groups is 1. The van der Waals surface area contributed by atoms with Crippen molar-refractivity contribution in [2.24, 2.45) is 0 Å². The minimum Gasteiger partial charge on any atom is -0.390 e. The fourth-order valence-corrected chi connectivity index (χ4v) is 5.45. The molecule has 0 bridgehead atoms. The lowest BCUT2D eigenvalue weighted by atomic mass is 10.0. The summed E-state index contributed by atoms with van der Waals surface area (Å²) in [6, 6.07) is 13.2. The lowest BCUT2D eigenvalue weighted by Gasteiger charge is -2.27. The van der Waals surface area contributed by atoms with E-state index in [0.29, 0.717) is 18.4 Å². The van der Waals surface area contributed by atoms with Gasteiger partial charge < -0.3 is 15.7 Å². The number of sulfone groups is 1. The first-order valence-corrected chi connectivity index (χ1v) is 10.3. The Bertz CT molecular complexity index is 958. The maximum atomic E-state index is 12.5. The predicted molar refractivity (Wildman–Crippen MR) is 96.4 cm³/mol. The Kier molecular flexibility index (Phi) is 4.20. The summed E-state index contributed by atoms with van der Waals surface area (Å²) in [6.07, 6.45) is 0.166. The zero-order valence-electron chi connectivity index (χ0n) is 14.1. The number of fused-ring (bicyclic) bond motifs is 2. The van der Waals surface area contributed by atoms with Crippen molar-refractivity contribution in [3.63, 3.8) is 0 Å². The summed E-state index contributed by atoms with van der Waals surface area (Å²) in [7, 11) is -3.29. The molecule has 2 amide bonds. The molecule has 0 fully saturated rings. The van der Waals surface area contributed by atoms with E-state index in [9.17, 15) is 18.3 Å². The third-order valence-corrected chi connectivity index (χ3v) is 6.92. The molecule has 0 aromatic heterocycles. The van der Waals surface area contributed by atoms with Gasteiger partial charge in [0.15, 0.2) is 9.84 Å². The van der Waals surface area contributed by atoms with Gasteiger partial charge in [0.25, 0.3) is 0 Å². The molecule has 1 heterocycles. The number of benzene rings is 2. The van der Waals surface area contributed by atoms with Gasteiger partial charge in [0.2, 0.25) is 0 Å². The fraction of sp³-hybridized carbons (Fsp3) is 0.316. The van der Waals surface area contributed by atoms with Gasteiger partial charge in [-0.1, -0.05) is 42.5 Å². The summed E-state index contributed by atoms with van der Waals surface area (Å²) in [5.74, 6) is 0.00382. The van der Waals surface area contributed by atoms with Crippen LogP contribution in [0, 0.1) is 0 Å². The molecule has 3 N–H and O–H groups in total. The van der Waals surface area contributed by atoms with E-state index in [1.807, 2.05) is 24.3 Å². The van der Waals surface area contributed by atoms with Crippen LogP contribution in [0.25, 0.3) is 0 Å². The molecule has 0 radical (unpaired) electrons. The second-order valence-electron chi connectivity index (χ2n) is 6.76. The maximum Gasteiger partial charge on any atom is 0.315 e. The first kappa shape index (κ1) is 17.1. The van der Waals surface area contributed by atoms with Gasteiger partial charge in [0.05, 0.1) is 28.8 Å². The van der Waals surface area contributed by atoms with Crippen molar-refractivity contribution in [3.8, 4) is 0 Å². The highest BCUT2D eigenvalue weighted by Crippen LogP contribution is 2.33. The van der Waals surface area contributed by atoms with Gasteiger partial charge in [0, 0.05) is 6.42 Å². The Balaban J connectivity index is 1.51. The van der Waals surface area contributed by atoms with Crippen molar-refractivity contribution < 1.29 is 18.3 Å². The van der Waals surface area contributed by atoms with Crippen LogP contribution in [-0.2, 0) is 16.3 Å². The third kappa shape index (κ3) is 2.97. The zero-order valence-corrected chi connectivity index (χ0v) is 14.9. The van der Waals surface area contributed by atoms with Gasteiger partial charge in [0.1, 0.15) is 0 Å². The fourth-order valence-electron chi connectivity index (χ4n) is 3.83. The van der Waals surface area contributed by atoms with Crippen molar-refractivity contribution in [3.05, 3.63) is 65.2 Å². The van der Waals surface area contributed by atoms with Gasteiger partial charge in [-0.15, -0.1) is 0 Å². The van der Waals surface area contributed by atoms with Gasteiger partial charge in [-0.2, -0.15) is 0 Å². The monoisotopic (exact) mass is 372 g/mol. The van der Waals surface area contributed by atoms with E-state index in [0.717, 1.165) is 11.1 Å². The van der Waals surface area contributed by atoms with Gasteiger partial charge in [-0.25, -0.2) is 13.2 Å². The van der Waals surface area contributed by atoms with Gasteiger partial charge >= 0.3 is 6.03 Å². The second-order valence-corrected chi connectivity index (χ2v) is 8.84. The molecule has 2 aliphatic rings. The van der Waals surface area contributed by atoms with E-state index in [1.54, 1.807) is 24.3 Å². The minimum atomic E-state index is -3.29. The molecule has 7 heteroatoms. The number of urea groups is 1. The van der Waals surface area contributed by atoms with Crippen LogP contribution in [0.3, 0.4) is 0 Å². The van der Waals surface area contributed by atoms with Crippen LogP contribution in [0.1, 0.15) is 35.2 Å². The number of nitrogens with one attached hydrogen (secondary N) is 2. The molecule has 0 unspecified atom stereocenters. The smallest absolute Gasteiger partial charge is 0.315 e. The van der Waals surface area contributed by atoms with E-state index in [4.69, 9.17) is 0 Å². The molecule has 4 rings (SSSR count). The van der Waals surface area contributed by atoms with Crippen LogP contribution >= 0.6 is 0 Å². The zero-order chi connectivity index (χ0) is 18.3. The largest absolute Gasteiger partial charge is 0.390 e. The molecule has 0 spiro atoms. The normalized spacial score (nSPS) is 25.8. The highest BCUT2D eigenvalue weighted by molar-refractivity contribution is 7.91. The minimum absolute atomic E-state index is 0.00382. The molecule has 1 aliphatic heterocycles. The average Bonchev–Trinajstić information content (AvgIpc) is 2.93. The summed E-state index contributed by atoms with van der Waals surface area (Å²) in [6.45, 7) is 0. The Morgan fingerprint density at radius 3 is 2.50 bits per heavy atom. The summed E-state index contributed by atoms with van der Waals surface area (Å²) >= 11 is 0. The summed E-state index contributed by atoms with van der Waals surface area (Å²) in [5.41, 5.74) is 2.56. The molecular formula is C19H20N2O4S. The lowest BCUT2D eigenvalue weighted by molar-refractivity contribution is 0.141. The topological polar surface area (TPSA) is 95.5 Å². The Labute approximate surface area is 152 Å². The van der Waals surface area contributed by atoms with Crippen LogP contribution in [0.15, 0.2) is 53.4 Å². The molecular weight excluding hydrogens is 352 g/mol. The molecule has 6 nitrogen and oxygen atoms in total. The molecule has 1 aliphatic carbocycles. The summed E-state index contributed by atoms with van der Waals surface area (Å²) in [4.78, 5) is 12.8. The first-order chi connectivity index (χ1) is 12.5. The number of carbonyl (C=O) groups excluding carboxylic acids is 1. The number of amides is 2. The van der Waals surface area contributed by atoms with E-state index in [-0.39, 0.29) is 16.7 Å². The number of hydrogen-bond donors (Lipinski definition) is 3. The molecule has 136 valence electrons. The van der Waals surface area contributed by atoms with Crippen molar-refractivity contribution in [2.45, 2.75) is 35.9 Å². The molecule has 26 heavy (non-hydrogen) atoms. The van der Waals surface area contributed by atoms with Crippen molar-refractivity contribution in [2.75, 3.05) is 5.75 Å². The molecule has 2 aromatic rings. The Morgan fingerprint density at radius 1 is 1.00 bits per heavy atom. The van der Waals surface area contributed by atoms with Crippen LogP contribution in [0.2, 0.25) is 0 Å². The molecule has 0 saturated heterocycles. The Morgan fingerprint density at radius 2 is 1.69 bits per heavy atom. The van der Waals surface area contributed by atoms with Crippen molar-refractivity contribution in [1.82, 2.24) is 10.6 Å². The highest BCUT2D eigenvalue weighted by Gasteiger charge is 2.34. The molecule has 3 atom stereocenters. The lowest BCUT2D eigenvalue weighted by Crippen LogP contribution is -2.43. The maximum absolute atomic E-state index is 12.5. The second kappa shape index (κ2) is 6.41. The van der Waals surface area contributed by atoms with Crippen LogP contribution in [-0.4, -0.2) is 31.4 Å². The van der Waals surface area contributed by atoms with Crippen LogP contribution < -0.4 is 10.6 Å². The highest BCUT2D eigenvalue weighted by atomic mass is 32.2. The van der Waals surface area contributed by atoms with Crippen LogP contribution in [0.4, 0.5) is 4.79 Å². The predicted octanol–water partition coefficient (Wildman–Crippen LogP) is 1.86. The Hall–Kier alpha value is -2.38. The van der Waals surface area contributed by atoms with Gasteiger partial charge in [-0.05, 0) is 29.2 Å². The van der Waals surface area contributed by atoms with E-state index in [2.05, 4.69) is 10.6 Å². The number of aliphatic hydroxyl groups excluding tert-OH is 1. The van der Waals surface area contributed by atoms with E-state index in [1.165, 1.54) is 0 Å². The molecule has 0 saturated carbocycles. The number of hydrogen-bond acceptors (Lipinski definition) is 4. The average molecular weight is 372 g/mol.